The number of aromatic amines is 1. The topological polar surface area (TPSA) is 189 Å². The number of aromatic nitrogens is 8. The van der Waals surface area contributed by atoms with Gasteiger partial charge in [-0.1, -0.05) is 6.92 Å². The van der Waals surface area contributed by atoms with Gasteiger partial charge in [0.2, 0.25) is 5.91 Å². The molecule has 0 atom stereocenters. The molecule has 0 aliphatic heterocycles. The Balaban J connectivity index is 1.28. The number of aromatic hydroxyl groups is 1. The lowest BCUT2D eigenvalue weighted by atomic mass is 9.91. The van der Waals surface area contributed by atoms with Gasteiger partial charge < -0.3 is 14.6 Å². The van der Waals surface area contributed by atoms with Crippen molar-refractivity contribution in [2.75, 3.05) is 12.0 Å². The van der Waals surface area contributed by atoms with Crippen molar-refractivity contribution in [3.63, 3.8) is 0 Å². The summed E-state index contributed by atoms with van der Waals surface area (Å²) in [5, 5.41) is 25.9. The molecule has 0 radical (unpaired) electrons. The molecule has 4 aromatic rings. The van der Waals surface area contributed by atoms with Crippen molar-refractivity contribution in [2.24, 2.45) is 0 Å². The number of H-pyrrole nitrogens is 1. The van der Waals surface area contributed by atoms with Crippen molar-refractivity contribution in [3.05, 3.63) is 42.7 Å². The van der Waals surface area contributed by atoms with Crippen LogP contribution in [-0.2, 0) is 4.79 Å². The normalized spacial score (nSPS) is 16.5. The molecule has 1 aliphatic carbocycles. The Kier molecular flexibility index (Phi) is 8.23. The van der Waals surface area contributed by atoms with Crippen molar-refractivity contribution in [1.29, 1.82) is 5.26 Å². The predicted molar refractivity (Wildman–Crippen MR) is 145 cm³/mol. The highest BCUT2D eigenvalue weighted by molar-refractivity contribution is 5.93. The number of methoxy groups -OCH3 is 1. The molecule has 210 valence electrons. The van der Waals surface area contributed by atoms with Gasteiger partial charge in [-0.2, -0.15) is 15.3 Å². The molecular weight excluding hydrogens is 528 g/mol. The molecule has 41 heavy (non-hydrogen) atoms. The van der Waals surface area contributed by atoms with Crippen LogP contribution in [0.15, 0.2) is 37.2 Å². The van der Waals surface area contributed by atoms with Crippen molar-refractivity contribution in [3.8, 4) is 46.5 Å². The molecule has 1 aliphatic rings. The molecule has 0 aromatic carbocycles. The molecular formula is C27H28N10O4. The van der Waals surface area contributed by atoms with E-state index in [1.807, 2.05) is 13.0 Å². The second-order valence-electron chi connectivity index (χ2n) is 9.44. The lowest BCUT2D eigenvalue weighted by molar-refractivity contribution is -0.119. The van der Waals surface area contributed by atoms with Crippen LogP contribution in [0.4, 0.5) is 5.82 Å². The van der Waals surface area contributed by atoms with Crippen molar-refractivity contribution >= 4 is 11.7 Å². The number of nitrogens with one attached hydrogen (secondary N) is 1. The molecule has 5 rings (SSSR count). The highest BCUT2D eigenvalue weighted by Crippen LogP contribution is 2.31. The second-order valence-corrected chi connectivity index (χ2v) is 9.44. The summed E-state index contributed by atoms with van der Waals surface area (Å²) in [5.74, 6) is 0.355. The number of carbonyl (C=O) groups excluding carboxylic acids is 1. The minimum absolute atomic E-state index is 0.00821. The van der Waals surface area contributed by atoms with E-state index < -0.39 is 0 Å². The first-order valence-corrected chi connectivity index (χ1v) is 13.2. The summed E-state index contributed by atoms with van der Waals surface area (Å²) < 4.78 is 11.1. The summed E-state index contributed by atoms with van der Waals surface area (Å²) >= 11 is 0. The van der Waals surface area contributed by atoms with Crippen LogP contribution in [-0.4, -0.2) is 70.4 Å². The van der Waals surface area contributed by atoms with Crippen LogP contribution in [0, 0.1) is 11.3 Å². The summed E-state index contributed by atoms with van der Waals surface area (Å²) in [7, 11) is 1.50. The molecule has 1 fully saturated rings. The van der Waals surface area contributed by atoms with Crippen LogP contribution in [0.25, 0.3) is 22.6 Å². The Bertz CT molecular complexity index is 1530. The van der Waals surface area contributed by atoms with Gasteiger partial charge in [0.25, 0.3) is 0 Å². The third-order valence-electron chi connectivity index (χ3n) is 6.75. The van der Waals surface area contributed by atoms with Crippen LogP contribution in [0.1, 0.15) is 51.0 Å². The smallest absolute Gasteiger partial charge is 0.317 e. The van der Waals surface area contributed by atoms with E-state index >= 15 is 0 Å². The zero-order valence-electron chi connectivity index (χ0n) is 22.6. The van der Waals surface area contributed by atoms with Crippen LogP contribution in [0.2, 0.25) is 0 Å². The number of nitrogens with zero attached hydrogens (tertiary/aromatic N) is 9. The van der Waals surface area contributed by atoms with Crippen LogP contribution < -0.4 is 14.4 Å². The standard InChI is InChI=1S/C27H28N10O4/c1-3-4-23(39)37(22-15-29-20(13-30-22)17-11-31-26(40-2)32-12-17)18-5-7-19(8-6-18)41-27-33-10-16(9-28)24(35-27)25-21(38)14-34-36-25/h10-15,18-19,38H,3-8H2,1-2H3,(H,34,36). The van der Waals surface area contributed by atoms with E-state index in [1.165, 1.54) is 19.5 Å². The molecule has 14 nitrogen and oxygen atoms in total. The lowest BCUT2D eigenvalue weighted by Crippen LogP contribution is -2.44. The van der Waals surface area contributed by atoms with E-state index in [9.17, 15) is 15.2 Å². The van der Waals surface area contributed by atoms with Gasteiger partial charge in [0.1, 0.15) is 23.6 Å². The third kappa shape index (κ3) is 6.03. The number of nitriles is 1. The number of hydrogen-bond donors (Lipinski definition) is 2. The number of hydrogen-bond acceptors (Lipinski definition) is 12. The number of amides is 1. The maximum atomic E-state index is 13.2. The SMILES string of the molecule is CCCC(=O)N(c1cnc(-c2cnc(OC)nc2)cn1)C1CCC(Oc2ncc(C#N)c(-c3[nH]ncc3O)n2)CC1. The molecule has 4 heterocycles. The van der Waals surface area contributed by atoms with Crippen molar-refractivity contribution < 1.29 is 19.4 Å². The molecule has 0 unspecified atom stereocenters. The third-order valence-corrected chi connectivity index (χ3v) is 6.75. The highest BCUT2D eigenvalue weighted by atomic mass is 16.5. The minimum Gasteiger partial charge on any atom is -0.504 e. The highest BCUT2D eigenvalue weighted by Gasteiger charge is 2.32. The van der Waals surface area contributed by atoms with Crippen molar-refractivity contribution in [2.45, 2.75) is 57.6 Å². The van der Waals surface area contributed by atoms with Crippen molar-refractivity contribution in [1.82, 2.24) is 40.1 Å². The fourth-order valence-electron chi connectivity index (χ4n) is 4.72. The zero-order valence-corrected chi connectivity index (χ0v) is 22.6. The Morgan fingerprint density at radius 3 is 2.41 bits per heavy atom. The average Bonchev–Trinajstić information content (AvgIpc) is 3.44. The molecule has 1 saturated carbocycles. The van der Waals surface area contributed by atoms with Gasteiger partial charge in [0.15, 0.2) is 11.6 Å². The molecule has 2 N–H and O–H groups in total. The summed E-state index contributed by atoms with van der Waals surface area (Å²) in [6.07, 6.45) is 12.6. The van der Waals surface area contributed by atoms with Gasteiger partial charge in [-0.15, -0.1) is 0 Å². The lowest BCUT2D eigenvalue weighted by Gasteiger charge is -2.36. The molecule has 0 spiro atoms. The van der Waals surface area contributed by atoms with Gasteiger partial charge in [-0.25, -0.2) is 19.9 Å². The Morgan fingerprint density at radius 2 is 1.80 bits per heavy atom. The average molecular weight is 557 g/mol. The first-order valence-electron chi connectivity index (χ1n) is 13.2. The summed E-state index contributed by atoms with van der Waals surface area (Å²) in [6, 6.07) is 2.30. The molecule has 0 bridgehead atoms. The van der Waals surface area contributed by atoms with E-state index in [0.29, 0.717) is 55.6 Å². The second kappa shape index (κ2) is 12.3. The van der Waals surface area contributed by atoms with Crippen LogP contribution in [0.5, 0.6) is 17.8 Å². The molecule has 1 amide bonds. The summed E-state index contributed by atoms with van der Waals surface area (Å²) in [5.41, 5.74) is 1.87. The quantitative estimate of drug-likeness (QED) is 0.307. The molecule has 4 aromatic heterocycles. The largest absolute Gasteiger partial charge is 0.504 e. The minimum atomic E-state index is -0.186. The fourth-order valence-corrected chi connectivity index (χ4v) is 4.72. The van der Waals surface area contributed by atoms with E-state index in [1.54, 1.807) is 29.7 Å². The Morgan fingerprint density at radius 1 is 1.05 bits per heavy atom. The Labute approximate surface area is 235 Å². The zero-order chi connectivity index (χ0) is 28.8. The first-order chi connectivity index (χ1) is 20.0. The summed E-state index contributed by atoms with van der Waals surface area (Å²) in [6.45, 7) is 1.97. The van der Waals surface area contributed by atoms with Gasteiger partial charge in [0, 0.05) is 30.4 Å². The fraction of sp³-hybridized carbons (Fsp3) is 0.370. The van der Waals surface area contributed by atoms with E-state index in [0.717, 1.165) is 0 Å². The maximum Gasteiger partial charge on any atom is 0.317 e. The first kappa shape index (κ1) is 27.4. The van der Waals surface area contributed by atoms with Gasteiger partial charge in [-0.05, 0) is 32.1 Å². The maximum absolute atomic E-state index is 13.2. The monoisotopic (exact) mass is 556 g/mol. The van der Waals surface area contributed by atoms with E-state index in [4.69, 9.17) is 9.47 Å². The number of ether oxygens (including phenoxy) is 2. The molecule has 14 heteroatoms. The number of rotatable bonds is 9. The Hall–Kier alpha value is -5.19. The van der Waals surface area contributed by atoms with E-state index in [-0.39, 0.29) is 52.8 Å². The summed E-state index contributed by atoms with van der Waals surface area (Å²) in [4.78, 5) is 40.8. The number of anilines is 1. The predicted octanol–water partition coefficient (Wildman–Crippen LogP) is 3.22. The van der Waals surface area contributed by atoms with Gasteiger partial charge in [-0.3, -0.25) is 19.8 Å². The van der Waals surface area contributed by atoms with Crippen LogP contribution >= 0.6 is 0 Å². The van der Waals surface area contributed by atoms with E-state index in [2.05, 4.69) is 40.1 Å². The van der Waals surface area contributed by atoms with Gasteiger partial charge in [0.05, 0.1) is 43.2 Å². The number of carbonyl (C=O) groups is 1. The molecule has 0 saturated heterocycles. The van der Waals surface area contributed by atoms with Gasteiger partial charge >= 0.3 is 12.0 Å². The van der Waals surface area contributed by atoms with Crippen LogP contribution in [0.3, 0.4) is 0 Å².